The number of benzene rings is 1. The largest absolute Gasteiger partial charge is 0.369 e. The predicted molar refractivity (Wildman–Crippen MR) is 109 cm³/mol. The highest BCUT2D eigenvalue weighted by Crippen LogP contribution is 2.17. The summed E-state index contributed by atoms with van der Waals surface area (Å²) in [7, 11) is 3.81. The zero-order chi connectivity index (χ0) is 19.2. The summed E-state index contributed by atoms with van der Waals surface area (Å²) < 4.78 is 1.80. The Kier molecular flexibility index (Phi) is 6.50. The number of carbonyl (C=O) groups excluding carboxylic acids is 1. The maximum Gasteiger partial charge on any atom is 0.223 e. The molecule has 1 fully saturated rings. The lowest BCUT2D eigenvalue weighted by molar-refractivity contribution is -0.130. The second-order valence-corrected chi connectivity index (χ2v) is 7.51. The van der Waals surface area contributed by atoms with Crippen molar-refractivity contribution >= 4 is 11.6 Å². The third-order valence-corrected chi connectivity index (χ3v) is 5.30. The number of likely N-dealkylation sites (N-methyl/N-ethyl adjacent to an activating group) is 1. The normalized spacial score (nSPS) is 15.1. The standard InChI is InChI=1S/C21H31N5O/c1-18-5-4-6-20(15-18)26-13-11-25(12-14-26)10-8-21(27)23(2)9-7-19-16-22-24(3)17-19/h4-6,15-17H,7-14H2,1-3H3. The van der Waals surface area contributed by atoms with Gasteiger partial charge in [-0.1, -0.05) is 12.1 Å². The molecule has 146 valence electrons. The van der Waals surface area contributed by atoms with Crippen molar-refractivity contribution in [2.75, 3.05) is 51.2 Å². The first-order chi connectivity index (χ1) is 13.0. The van der Waals surface area contributed by atoms with Crippen LogP contribution in [0.25, 0.3) is 0 Å². The first-order valence-electron chi connectivity index (χ1n) is 9.77. The molecule has 0 N–H and O–H groups in total. The van der Waals surface area contributed by atoms with Gasteiger partial charge in [0.1, 0.15) is 0 Å². The van der Waals surface area contributed by atoms with E-state index in [1.54, 1.807) is 4.68 Å². The number of aryl methyl sites for hydroxylation is 2. The van der Waals surface area contributed by atoms with E-state index >= 15 is 0 Å². The summed E-state index contributed by atoms with van der Waals surface area (Å²) in [6.07, 6.45) is 5.32. The van der Waals surface area contributed by atoms with Gasteiger partial charge in [0.05, 0.1) is 6.20 Å². The molecule has 27 heavy (non-hydrogen) atoms. The number of nitrogens with zero attached hydrogens (tertiary/aromatic N) is 5. The molecule has 1 amide bonds. The van der Waals surface area contributed by atoms with Crippen molar-refractivity contribution in [1.29, 1.82) is 0 Å². The molecule has 6 heteroatoms. The van der Waals surface area contributed by atoms with Crippen LogP contribution in [0.4, 0.5) is 5.69 Å². The van der Waals surface area contributed by atoms with Gasteiger partial charge in [0.2, 0.25) is 5.91 Å². The Hall–Kier alpha value is -2.34. The molecule has 0 saturated carbocycles. The zero-order valence-corrected chi connectivity index (χ0v) is 16.8. The van der Waals surface area contributed by atoms with E-state index in [4.69, 9.17) is 0 Å². The van der Waals surface area contributed by atoms with Gasteiger partial charge in [0.15, 0.2) is 0 Å². The van der Waals surface area contributed by atoms with E-state index in [0.29, 0.717) is 6.42 Å². The average Bonchev–Trinajstić information content (AvgIpc) is 3.10. The minimum atomic E-state index is 0.222. The lowest BCUT2D eigenvalue weighted by atomic mass is 10.2. The summed E-state index contributed by atoms with van der Waals surface area (Å²) in [5.41, 5.74) is 3.78. The fourth-order valence-electron chi connectivity index (χ4n) is 3.52. The molecule has 0 bridgehead atoms. The van der Waals surface area contributed by atoms with Crippen LogP contribution in [0.15, 0.2) is 36.7 Å². The second-order valence-electron chi connectivity index (χ2n) is 7.51. The van der Waals surface area contributed by atoms with Crippen LogP contribution >= 0.6 is 0 Å². The summed E-state index contributed by atoms with van der Waals surface area (Å²) in [6.45, 7) is 7.80. The van der Waals surface area contributed by atoms with Gasteiger partial charge in [-0.3, -0.25) is 14.4 Å². The van der Waals surface area contributed by atoms with Crippen LogP contribution in [-0.4, -0.2) is 71.8 Å². The van der Waals surface area contributed by atoms with Gasteiger partial charge in [0.25, 0.3) is 0 Å². The Labute approximate surface area is 162 Å². The fraction of sp³-hybridized carbons (Fsp3) is 0.524. The highest BCUT2D eigenvalue weighted by molar-refractivity contribution is 5.76. The van der Waals surface area contributed by atoms with Gasteiger partial charge >= 0.3 is 0 Å². The van der Waals surface area contributed by atoms with E-state index in [1.807, 2.05) is 31.4 Å². The van der Waals surface area contributed by atoms with Crippen molar-refractivity contribution < 1.29 is 4.79 Å². The third-order valence-electron chi connectivity index (χ3n) is 5.30. The van der Waals surface area contributed by atoms with Crippen LogP contribution in [0.5, 0.6) is 0 Å². The van der Waals surface area contributed by atoms with Gasteiger partial charge in [-0.25, -0.2) is 0 Å². The maximum atomic E-state index is 12.4. The van der Waals surface area contributed by atoms with Crippen LogP contribution in [0.1, 0.15) is 17.5 Å². The van der Waals surface area contributed by atoms with E-state index in [2.05, 4.69) is 46.1 Å². The first kappa shape index (κ1) is 19.4. The zero-order valence-electron chi connectivity index (χ0n) is 16.8. The summed E-state index contributed by atoms with van der Waals surface area (Å²) >= 11 is 0. The van der Waals surface area contributed by atoms with E-state index in [1.165, 1.54) is 16.8 Å². The van der Waals surface area contributed by atoms with Gasteiger partial charge in [-0.15, -0.1) is 0 Å². The summed E-state index contributed by atoms with van der Waals surface area (Å²) in [5, 5.41) is 4.17. The van der Waals surface area contributed by atoms with Crippen LogP contribution in [0, 0.1) is 6.92 Å². The fourth-order valence-corrected chi connectivity index (χ4v) is 3.52. The molecule has 0 radical (unpaired) electrons. The van der Waals surface area contributed by atoms with Crippen LogP contribution in [0.2, 0.25) is 0 Å². The van der Waals surface area contributed by atoms with Gasteiger partial charge in [-0.05, 0) is 36.6 Å². The molecule has 1 aromatic carbocycles. The molecule has 0 aliphatic carbocycles. The highest BCUT2D eigenvalue weighted by atomic mass is 16.2. The van der Waals surface area contributed by atoms with E-state index in [9.17, 15) is 4.79 Å². The van der Waals surface area contributed by atoms with Crippen molar-refractivity contribution in [2.24, 2.45) is 7.05 Å². The number of piperazine rings is 1. The molecule has 0 spiro atoms. The molecule has 0 atom stereocenters. The summed E-state index contributed by atoms with van der Waals surface area (Å²) in [6, 6.07) is 8.69. The highest BCUT2D eigenvalue weighted by Gasteiger charge is 2.18. The number of aromatic nitrogens is 2. The van der Waals surface area contributed by atoms with Crippen LogP contribution in [-0.2, 0) is 18.3 Å². The molecule has 1 aliphatic rings. The number of hydrogen-bond donors (Lipinski definition) is 0. The molecule has 1 saturated heterocycles. The molecule has 2 aromatic rings. The number of hydrogen-bond acceptors (Lipinski definition) is 4. The van der Waals surface area contributed by atoms with Crippen molar-refractivity contribution in [1.82, 2.24) is 19.6 Å². The molecular formula is C21H31N5O. The van der Waals surface area contributed by atoms with Crippen LogP contribution in [0.3, 0.4) is 0 Å². The van der Waals surface area contributed by atoms with Crippen molar-refractivity contribution in [2.45, 2.75) is 19.8 Å². The lowest BCUT2D eigenvalue weighted by Crippen LogP contribution is -2.47. The number of anilines is 1. The number of rotatable bonds is 7. The smallest absolute Gasteiger partial charge is 0.223 e. The Morgan fingerprint density at radius 2 is 2.00 bits per heavy atom. The topological polar surface area (TPSA) is 44.6 Å². The Morgan fingerprint density at radius 3 is 2.67 bits per heavy atom. The Balaban J connectivity index is 1.37. The summed E-state index contributed by atoms with van der Waals surface area (Å²) in [5.74, 6) is 0.222. The summed E-state index contributed by atoms with van der Waals surface area (Å²) in [4.78, 5) is 19.1. The molecule has 0 unspecified atom stereocenters. The van der Waals surface area contributed by atoms with Crippen molar-refractivity contribution in [3.8, 4) is 0 Å². The Bertz CT molecular complexity index is 749. The first-order valence-corrected chi connectivity index (χ1v) is 9.77. The third kappa shape index (κ3) is 5.57. The maximum absolute atomic E-state index is 12.4. The average molecular weight is 370 g/mol. The SMILES string of the molecule is Cc1cccc(N2CCN(CCC(=O)N(C)CCc3cnn(C)c3)CC2)c1. The molecule has 1 aliphatic heterocycles. The second kappa shape index (κ2) is 9.04. The lowest BCUT2D eigenvalue weighted by Gasteiger charge is -2.36. The monoisotopic (exact) mass is 369 g/mol. The van der Waals surface area contributed by atoms with E-state index in [0.717, 1.165) is 45.7 Å². The van der Waals surface area contributed by atoms with Crippen molar-refractivity contribution in [3.63, 3.8) is 0 Å². The molecule has 1 aromatic heterocycles. The minimum absolute atomic E-state index is 0.222. The van der Waals surface area contributed by atoms with Crippen molar-refractivity contribution in [3.05, 3.63) is 47.8 Å². The van der Waals surface area contributed by atoms with Gasteiger partial charge < -0.3 is 9.80 Å². The number of amides is 1. The molecule has 2 heterocycles. The number of carbonyl (C=O) groups is 1. The molecular weight excluding hydrogens is 338 g/mol. The van der Waals surface area contributed by atoms with Gasteiger partial charge in [-0.2, -0.15) is 5.10 Å². The van der Waals surface area contributed by atoms with E-state index in [-0.39, 0.29) is 5.91 Å². The molecule has 3 rings (SSSR count). The Morgan fingerprint density at radius 1 is 1.22 bits per heavy atom. The quantitative estimate of drug-likeness (QED) is 0.748. The van der Waals surface area contributed by atoms with Crippen LogP contribution < -0.4 is 4.90 Å². The molecule has 6 nitrogen and oxygen atoms in total. The predicted octanol–water partition coefficient (Wildman–Crippen LogP) is 1.94. The minimum Gasteiger partial charge on any atom is -0.369 e. The van der Waals surface area contributed by atoms with Gasteiger partial charge in [0, 0.05) is 71.7 Å². The van der Waals surface area contributed by atoms with E-state index < -0.39 is 0 Å².